The Morgan fingerprint density at radius 1 is 1.21 bits per heavy atom. The molecule has 1 atom stereocenters. The van der Waals surface area contributed by atoms with E-state index in [4.69, 9.17) is 0 Å². The van der Waals surface area contributed by atoms with Crippen molar-refractivity contribution in [2.45, 2.75) is 53.6 Å². The molecule has 3 rings (SSSR count). The fourth-order valence-electron chi connectivity index (χ4n) is 3.66. The van der Waals surface area contributed by atoms with E-state index in [-0.39, 0.29) is 18.0 Å². The zero-order chi connectivity index (χ0) is 20.6. The summed E-state index contributed by atoms with van der Waals surface area (Å²) in [5.74, 6) is -0.185. The molecule has 2 N–H and O–H groups in total. The van der Waals surface area contributed by atoms with E-state index in [1.165, 1.54) is 0 Å². The van der Waals surface area contributed by atoms with E-state index >= 15 is 0 Å². The topological polar surface area (TPSA) is 66.9 Å². The van der Waals surface area contributed by atoms with Gasteiger partial charge in [0.1, 0.15) is 0 Å². The van der Waals surface area contributed by atoms with E-state index in [1.807, 2.05) is 32.9 Å². The Bertz CT molecular complexity index is 1110. The number of aromatic nitrogens is 2. The number of nitrogens with one attached hydrogen (secondary N) is 2. The number of nitrogens with zero attached hydrogens (tertiary/aromatic N) is 1. The van der Waals surface area contributed by atoms with Crippen LogP contribution in [0.25, 0.3) is 10.9 Å². The Kier molecular flexibility index (Phi) is 5.79. The summed E-state index contributed by atoms with van der Waals surface area (Å²) in [6.07, 6.45) is 3.11. The number of benzene rings is 1. The Balaban J connectivity index is 1.98. The van der Waals surface area contributed by atoms with Crippen molar-refractivity contribution >= 4 is 32.7 Å². The van der Waals surface area contributed by atoms with Crippen molar-refractivity contribution in [1.82, 2.24) is 14.9 Å². The number of aromatic amines is 1. The van der Waals surface area contributed by atoms with Crippen molar-refractivity contribution in [3.05, 3.63) is 67.2 Å². The summed E-state index contributed by atoms with van der Waals surface area (Å²) < 4.78 is 3.08. The van der Waals surface area contributed by atoms with Gasteiger partial charge in [-0.1, -0.05) is 22.9 Å². The third-order valence-electron chi connectivity index (χ3n) is 5.32. The van der Waals surface area contributed by atoms with Crippen LogP contribution in [0.1, 0.15) is 59.1 Å². The summed E-state index contributed by atoms with van der Waals surface area (Å²) in [5, 5.41) is 3.88. The smallest absolute Gasteiger partial charge is 0.253 e. The fourth-order valence-corrected chi connectivity index (χ4v) is 4.10. The van der Waals surface area contributed by atoms with Crippen molar-refractivity contribution in [3.63, 3.8) is 0 Å². The van der Waals surface area contributed by atoms with Crippen molar-refractivity contribution in [2.24, 2.45) is 0 Å². The van der Waals surface area contributed by atoms with Crippen molar-refractivity contribution in [1.29, 1.82) is 0 Å². The number of pyridine rings is 1. The van der Waals surface area contributed by atoms with Crippen LogP contribution in [0.5, 0.6) is 0 Å². The number of amides is 1. The normalized spacial score (nSPS) is 12.4. The molecule has 0 saturated heterocycles. The highest BCUT2D eigenvalue weighted by atomic mass is 79.9. The van der Waals surface area contributed by atoms with Crippen molar-refractivity contribution in [2.75, 3.05) is 0 Å². The van der Waals surface area contributed by atoms with Crippen molar-refractivity contribution in [3.8, 4) is 0 Å². The Morgan fingerprint density at radius 2 is 1.93 bits per heavy atom. The van der Waals surface area contributed by atoms with E-state index in [9.17, 15) is 9.59 Å². The van der Waals surface area contributed by atoms with Gasteiger partial charge >= 0.3 is 0 Å². The molecule has 0 spiro atoms. The summed E-state index contributed by atoms with van der Waals surface area (Å²) in [6, 6.07) is 6.16. The lowest BCUT2D eigenvalue weighted by atomic mass is 10.1. The lowest BCUT2D eigenvalue weighted by Gasteiger charge is -2.14. The average molecular weight is 444 g/mol. The zero-order valence-electron chi connectivity index (χ0n) is 16.9. The predicted octanol–water partition coefficient (Wildman–Crippen LogP) is 4.92. The number of carbonyl (C=O) groups excluding carboxylic acids is 1. The molecule has 6 heteroatoms. The molecule has 28 heavy (non-hydrogen) atoms. The predicted molar refractivity (Wildman–Crippen MR) is 117 cm³/mol. The maximum Gasteiger partial charge on any atom is 0.253 e. The minimum atomic E-state index is -0.185. The van der Waals surface area contributed by atoms with Gasteiger partial charge in [0.05, 0.1) is 11.1 Å². The molecule has 0 aliphatic carbocycles. The molecule has 148 valence electrons. The van der Waals surface area contributed by atoms with Crippen LogP contribution in [0.3, 0.4) is 0 Å². The van der Waals surface area contributed by atoms with Crippen LogP contribution in [0.4, 0.5) is 0 Å². The first kappa shape index (κ1) is 20.4. The monoisotopic (exact) mass is 443 g/mol. The number of fused-ring (bicyclic) bond motifs is 1. The lowest BCUT2D eigenvalue weighted by Crippen LogP contribution is -2.28. The van der Waals surface area contributed by atoms with E-state index in [1.54, 1.807) is 0 Å². The average Bonchev–Trinajstić information content (AvgIpc) is 2.95. The molecule has 0 aliphatic rings. The van der Waals surface area contributed by atoms with Crippen LogP contribution >= 0.6 is 15.9 Å². The number of halogens is 1. The van der Waals surface area contributed by atoms with Gasteiger partial charge in [-0.25, -0.2) is 0 Å². The first-order valence-corrected chi connectivity index (χ1v) is 10.3. The standard InChI is InChI=1S/C22H26BrN3O2/c1-6-15(5)26-11-13(3)20-17(8-16(23)9-19(20)26)21(27)24-10-18-12(2)7-14(4)25-22(18)28/h7-9,11,15H,6,10H2,1-5H3,(H,24,27)(H,25,28). The first-order chi connectivity index (χ1) is 13.2. The minimum absolute atomic E-state index is 0.156. The van der Waals surface area contributed by atoms with Gasteiger partial charge in [0.25, 0.3) is 11.5 Å². The highest BCUT2D eigenvalue weighted by Gasteiger charge is 2.19. The first-order valence-electron chi connectivity index (χ1n) is 9.51. The summed E-state index contributed by atoms with van der Waals surface area (Å²) >= 11 is 3.54. The summed E-state index contributed by atoms with van der Waals surface area (Å²) in [7, 11) is 0. The SMILES string of the molecule is CCC(C)n1cc(C)c2c(C(=O)NCc3c(C)cc(C)[nH]c3=O)cc(Br)cc21. The molecule has 1 unspecified atom stereocenters. The molecule has 5 nitrogen and oxygen atoms in total. The number of H-pyrrole nitrogens is 1. The highest BCUT2D eigenvalue weighted by molar-refractivity contribution is 9.10. The van der Waals surface area contributed by atoms with E-state index in [2.05, 4.69) is 56.9 Å². The molecule has 3 aromatic rings. The third-order valence-corrected chi connectivity index (χ3v) is 5.78. The van der Waals surface area contributed by atoms with Crippen molar-refractivity contribution < 1.29 is 4.79 Å². The second-order valence-electron chi connectivity index (χ2n) is 7.45. The molecular formula is C22H26BrN3O2. The molecule has 0 radical (unpaired) electrons. The van der Waals surface area contributed by atoms with Crippen LogP contribution in [-0.2, 0) is 6.54 Å². The molecule has 0 aliphatic heterocycles. The Labute approximate surface area is 173 Å². The van der Waals surface area contributed by atoms with Crippen LogP contribution in [0.15, 0.2) is 33.7 Å². The number of rotatable bonds is 5. The minimum Gasteiger partial charge on any atom is -0.348 e. The van der Waals surface area contributed by atoms with E-state index in [0.717, 1.165) is 38.6 Å². The maximum atomic E-state index is 13.0. The third kappa shape index (κ3) is 3.78. The van der Waals surface area contributed by atoms with Gasteiger partial charge in [0.15, 0.2) is 0 Å². The molecule has 1 amide bonds. The van der Waals surface area contributed by atoms with Gasteiger partial charge < -0.3 is 14.9 Å². The molecule has 0 fully saturated rings. The second-order valence-corrected chi connectivity index (χ2v) is 8.37. The van der Waals surface area contributed by atoms with Crippen LogP contribution in [-0.4, -0.2) is 15.5 Å². The van der Waals surface area contributed by atoms with Crippen LogP contribution < -0.4 is 10.9 Å². The highest BCUT2D eigenvalue weighted by Crippen LogP contribution is 2.31. The summed E-state index contributed by atoms with van der Waals surface area (Å²) in [6.45, 7) is 10.3. The number of hydrogen-bond donors (Lipinski definition) is 2. The molecule has 1 aromatic carbocycles. The number of aryl methyl sites for hydroxylation is 3. The lowest BCUT2D eigenvalue weighted by molar-refractivity contribution is 0.0952. The molecule has 2 heterocycles. The van der Waals surface area contributed by atoms with Gasteiger partial charge in [-0.05, 0) is 63.4 Å². The van der Waals surface area contributed by atoms with Gasteiger partial charge in [-0.2, -0.15) is 0 Å². The van der Waals surface area contributed by atoms with Crippen LogP contribution in [0, 0.1) is 20.8 Å². The van der Waals surface area contributed by atoms with Crippen LogP contribution in [0.2, 0.25) is 0 Å². The van der Waals surface area contributed by atoms with Gasteiger partial charge in [0.2, 0.25) is 0 Å². The van der Waals surface area contributed by atoms with E-state index < -0.39 is 0 Å². The summed E-state index contributed by atoms with van der Waals surface area (Å²) in [4.78, 5) is 28.0. The van der Waals surface area contributed by atoms with Gasteiger partial charge in [-0.15, -0.1) is 0 Å². The maximum absolute atomic E-state index is 13.0. The number of hydrogen-bond acceptors (Lipinski definition) is 2. The quantitative estimate of drug-likeness (QED) is 0.587. The fraction of sp³-hybridized carbons (Fsp3) is 0.364. The Hall–Kier alpha value is -2.34. The largest absolute Gasteiger partial charge is 0.348 e. The Morgan fingerprint density at radius 3 is 2.57 bits per heavy atom. The van der Waals surface area contributed by atoms with Gasteiger partial charge in [-0.3, -0.25) is 9.59 Å². The molecule has 0 saturated carbocycles. The second kappa shape index (κ2) is 7.95. The molecule has 0 bridgehead atoms. The molecular weight excluding hydrogens is 418 g/mol. The molecule has 2 aromatic heterocycles. The van der Waals surface area contributed by atoms with E-state index in [0.29, 0.717) is 17.2 Å². The number of carbonyl (C=O) groups is 1. The summed E-state index contributed by atoms with van der Waals surface area (Å²) in [5.41, 5.74) is 4.84. The zero-order valence-corrected chi connectivity index (χ0v) is 18.5. The van der Waals surface area contributed by atoms with Gasteiger partial charge in [0, 0.05) is 39.9 Å².